The van der Waals surface area contributed by atoms with Crippen molar-refractivity contribution in [3.8, 4) is 17.3 Å². The van der Waals surface area contributed by atoms with Gasteiger partial charge in [0.15, 0.2) is 5.13 Å². The molecule has 0 unspecified atom stereocenters. The fourth-order valence-electron chi connectivity index (χ4n) is 2.36. The third-order valence-corrected chi connectivity index (χ3v) is 4.30. The first kappa shape index (κ1) is 18.2. The van der Waals surface area contributed by atoms with E-state index in [1.807, 2.05) is 6.07 Å². The molecular formula is C19H13FN4O2S. The van der Waals surface area contributed by atoms with Crippen LogP contribution in [0.1, 0.15) is 22.8 Å². The SMILES string of the molecule is CC(=O)Nc1ccc(-c2csc(NC(=O)c3cccc(C#N)c3)n2)c(F)c1. The highest BCUT2D eigenvalue weighted by Gasteiger charge is 2.13. The molecule has 0 saturated carbocycles. The van der Waals surface area contributed by atoms with Crippen molar-refractivity contribution in [2.45, 2.75) is 6.92 Å². The van der Waals surface area contributed by atoms with E-state index in [0.29, 0.717) is 27.6 Å². The zero-order valence-corrected chi connectivity index (χ0v) is 14.9. The largest absolute Gasteiger partial charge is 0.326 e. The van der Waals surface area contributed by atoms with Crippen molar-refractivity contribution in [2.24, 2.45) is 0 Å². The van der Waals surface area contributed by atoms with Crippen molar-refractivity contribution in [1.29, 1.82) is 5.26 Å². The summed E-state index contributed by atoms with van der Waals surface area (Å²) in [5.74, 6) is -1.23. The molecule has 0 aliphatic rings. The van der Waals surface area contributed by atoms with Gasteiger partial charge in [0.1, 0.15) is 5.82 Å². The van der Waals surface area contributed by atoms with Gasteiger partial charge in [0.25, 0.3) is 5.91 Å². The van der Waals surface area contributed by atoms with Crippen LogP contribution in [0, 0.1) is 17.1 Å². The number of nitriles is 1. The zero-order chi connectivity index (χ0) is 19.4. The van der Waals surface area contributed by atoms with Gasteiger partial charge >= 0.3 is 0 Å². The van der Waals surface area contributed by atoms with E-state index >= 15 is 0 Å². The lowest BCUT2D eigenvalue weighted by Crippen LogP contribution is -2.11. The molecule has 3 aromatic rings. The average molecular weight is 380 g/mol. The van der Waals surface area contributed by atoms with E-state index in [0.717, 1.165) is 11.3 Å². The topological polar surface area (TPSA) is 94.9 Å². The standard InChI is InChI=1S/C19H13FN4O2S/c1-11(25)22-14-5-6-15(16(20)8-14)17-10-27-19(23-17)24-18(26)13-4-2-3-12(7-13)9-21/h2-8,10H,1H3,(H,22,25)(H,23,24,26). The van der Waals surface area contributed by atoms with Gasteiger partial charge in [0, 0.05) is 29.1 Å². The lowest BCUT2D eigenvalue weighted by Gasteiger charge is -2.05. The van der Waals surface area contributed by atoms with E-state index < -0.39 is 11.7 Å². The smallest absolute Gasteiger partial charge is 0.257 e. The van der Waals surface area contributed by atoms with E-state index in [1.165, 1.54) is 25.1 Å². The van der Waals surface area contributed by atoms with Crippen molar-refractivity contribution in [3.05, 3.63) is 64.8 Å². The van der Waals surface area contributed by atoms with Crippen LogP contribution in [0.15, 0.2) is 47.8 Å². The number of carbonyl (C=O) groups is 2. The molecule has 0 fully saturated rings. The lowest BCUT2D eigenvalue weighted by atomic mass is 10.1. The Kier molecular flexibility index (Phi) is 5.24. The molecule has 134 valence electrons. The lowest BCUT2D eigenvalue weighted by molar-refractivity contribution is -0.114. The fraction of sp³-hybridized carbons (Fsp3) is 0.0526. The summed E-state index contributed by atoms with van der Waals surface area (Å²) in [7, 11) is 0. The number of thiazole rings is 1. The first-order chi connectivity index (χ1) is 13.0. The molecule has 2 aromatic carbocycles. The maximum absolute atomic E-state index is 14.3. The molecule has 8 heteroatoms. The van der Waals surface area contributed by atoms with Crippen LogP contribution in [0.3, 0.4) is 0 Å². The molecule has 3 rings (SSSR count). The van der Waals surface area contributed by atoms with Crippen LogP contribution >= 0.6 is 11.3 Å². The maximum atomic E-state index is 14.3. The second-order valence-corrected chi connectivity index (χ2v) is 6.42. The normalized spacial score (nSPS) is 10.1. The van der Waals surface area contributed by atoms with E-state index in [-0.39, 0.29) is 11.5 Å². The van der Waals surface area contributed by atoms with Crippen molar-refractivity contribution in [1.82, 2.24) is 4.98 Å². The molecule has 0 atom stereocenters. The van der Waals surface area contributed by atoms with Crippen molar-refractivity contribution in [3.63, 3.8) is 0 Å². The summed E-state index contributed by atoms with van der Waals surface area (Å²) in [5.41, 5.74) is 1.69. The number of halogens is 1. The van der Waals surface area contributed by atoms with Crippen LogP contribution in [-0.4, -0.2) is 16.8 Å². The summed E-state index contributed by atoms with van der Waals surface area (Å²) in [6.07, 6.45) is 0. The number of carbonyl (C=O) groups excluding carboxylic acids is 2. The number of hydrogen-bond acceptors (Lipinski definition) is 5. The minimum absolute atomic E-state index is 0.257. The Labute approximate surface area is 158 Å². The molecule has 6 nitrogen and oxygen atoms in total. The Morgan fingerprint density at radius 3 is 2.70 bits per heavy atom. The minimum Gasteiger partial charge on any atom is -0.326 e. The molecule has 0 bridgehead atoms. The van der Waals surface area contributed by atoms with Crippen LogP contribution < -0.4 is 10.6 Å². The van der Waals surface area contributed by atoms with E-state index in [4.69, 9.17) is 5.26 Å². The van der Waals surface area contributed by atoms with Crippen LogP contribution in [0.2, 0.25) is 0 Å². The Morgan fingerprint density at radius 1 is 1.19 bits per heavy atom. The van der Waals surface area contributed by atoms with Crippen LogP contribution in [0.4, 0.5) is 15.2 Å². The number of rotatable bonds is 4. The molecular weight excluding hydrogens is 367 g/mol. The summed E-state index contributed by atoms with van der Waals surface area (Å²) in [4.78, 5) is 27.5. The second-order valence-electron chi connectivity index (χ2n) is 5.56. The molecule has 1 heterocycles. The number of anilines is 2. The summed E-state index contributed by atoms with van der Waals surface area (Å²) < 4.78 is 14.3. The molecule has 0 aliphatic heterocycles. The summed E-state index contributed by atoms with van der Waals surface area (Å²) in [6.45, 7) is 1.34. The van der Waals surface area contributed by atoms with Gasteiger partial charge in [-0.3, -0.25) is 14.9 Å². The van der Waals surface area contributed by atoms with Gasteiger partial charge in [-0.25, -0.2) is 9.37 Å². The van der Waals surface area contributed by atoms with Gasteiger partial charge in [-0.2, -0.15) is 5.26 Å². The second kappa shape index (κ2) is 7.76. The van der Waals surface area contributed by atoms with E-state index in [1.54, 1.807) is 29.6 Å². The molecule has 0 spiro atoms. The highest BCUT2D eigenvalue weighted by atomic mass is 32.1. The number of nitrogens with zero attached hydrogens (tertiary/aromatic N) is 2. The van der Waals surface area contributed by atoms with Crippen LogP contribution in [0.25, 0.3) is 11.3 Å². The molecule has 0 aliphatic carbocycles. The molecule has 1 aromatic heterocycles. The Balaban J connectivity index is 1.77. The molecule has 2 N–H and O–H groups in total. The maximum Gasteiger partial charge on any atom is 0.257 e. The Hall–Kier alpha value is -3.57. The zero-order valence-electron chi connectivity index (χ0n) is 14.1. The third kappa shape index (κ3) is 4.34. The number of amides is 2. The van der Waals surface area contributed by atoms with E-state index in [2.05, 4.69) is 15.6 Å². The Bertz CT molecular complexity index is 1070. The Morgan fingerprint density at radius 2 is 2.00 bits per heavy atom. The van der Waals surface area contributed by atoms with Gasteiger partial charge in [-0.05, 0) is 36.4 Å². The van der Waals surface area contributed by atoms with Crippen LogP contribution in [-0.2, 0) is 4.79 Å². The van der Waals surface area contributed by atoms with Gasteiger partial charge in [-0.1, -0.05) is 6.07 Å². The highest BCUT2D eigenvalue weighted by molar-refractivity contribution is 7.14. The predicted molar refractivity (Wildman–Crippen MR) is 101 cm³/mol. The predicted octanol–water partition coefficient (Wildman–Crippen LogP) is 4.03. The first-order valence-electron chi connectivity index (χ1n) is 7.81. The van der Waals surface area contributed by atoms with Gasteiger partial charge < -0.3 is 5.32 Å². The number of benzene rings is 2. The van der Waals surface area contributed by atoms with Crippen molar-refractivity contribution >= 4 is 34.0 Å². The minimum atomic E-state index is -0.536. The van der Waals surface area contributed by atoms with Gasteiger partial charge in [0.2, 0.25) is 5.91 Å². The van der Waals surface area contributed by atoms with Gasteiger partial charge in [0.05, 0.1) is 17.3 Å². The molecule has 2 amide bonds. The number of aromatic nitrogens is 1. The fourth-order valence-corrected chi connectivity index (χ4v) is 3.06. The monoisotopic (exact) mass is 380 g/mol. The average Bonchev–Trinajstić information content (AvgIpc) is 3.09. The first-order valence-corrected chi connectivity index (χ1v) is 8.69. The highest BCUT2D eigenvalue weighted by Crippen LogP contribution is 2.29. The quantitative estimate of drug-likeness (QED) is 0.714. The van der Waals surface area contributed by atoms with E-state index in [9.17, 15) is 14.0 Å². The molecule has 27 heavy (non-hydrogen) atoms. The third-order valence-electron chi connectivity index (χ3n) is 3.54. The molecule has 0 radical (unpaired) electrons. The summed E-state index contributed by atoms with van der Waals surface area (Å²) in [6, 6.07) is 12.6. The molecule has 0 saturated heterocycles. The van der Waals surface area contributed by atoms with Crippen molar-refractivity contribution < 1.29 is 14.0 Å². The summed E-state index contributed by atoms with van der Waals surface area (Å²) >= 11 is 1.16. The number of hydrogen-bond donors (Lipinski definition) is 2. The number of nitrogens with one attached hydrogen (secondary N) is 2. The van der Waals surface area contributed by atoms with Gasteiger partial charge in [-0.15, -0.1) is 11.3 Å². The van der Waals surface area contributed by atoms with Crippen molar-refractivity contribution in [2.75, 3.05) is 10.6 Å². The van der Waals surface area contributed by atoms with Crippen LogP contribution in [0.5, 0.6) is 0 Å². The summed E-state index contributed by atoms with van der Waals surface area (Å²) in [5, 5.41) is 16.0.